The molecule has 3 rings (SSSR count). The van der Waals surface area contributed by atoms with Gasteiger partial charge in [-0.2, -0.15) is 0 Å². The number of para-hydroxylation sites is 2. The van der Waals surface area contributed by atoms with Crippen molar-refractivity contribution in [1.29, 1.82) is 5.41 Å². The lowest BCUT2D eigenvalue weighted by atomic mass is 10.1. The number of nitrogens with zero attached hydrogens (tertiary/aromatic N) is 2. The third-order valence-electron chi connectivity index (χ3n) is 4.08. The van der Waals surface area contributed by atoms with Crippen LogP contribution in [0.5, 0.6) is 0 Å². The van der Waals surface area contributed by atoms with Crippen LogP contribution in [0.2, 0.25) is 0 Å². The molecule has 0 fully saturated rings. The first-order chi connectivity index (χ1) is 12.5. The van der Waals surface area contributed by atoms with Crippen molar-refractivity contribution < 1.29 is 9.18 Å². The molecule has 1 aliphatic rings. The molecule has 5 nitrogen and oxygen atoms in total. The van der Waals surface area contributed by atoms with Gasteiger partial charge in [0.25, 0.3) is 0 Å². The third kappa shape index (κ3) is 3.36. The number of allylic oxidation sites excluding steroid dienone is 3. The number of quaternary nitrogens is 1. The van der Waals surface area contributed by atoms with Crippen molar-refractivity contribution in [3.8, 4) is 0 Å². The maximum absolute atomic E-state index is 14.2. The van der Waals surface area contributed by atoms with Gasteiger partial charge in [-0.05, 0) is 18.2 Å². The number of ketones is 1. The molecular formula is C20H18FN4O+. The van der Waals surface area contributed by atoms with E-state index < -0.39 is 11.6 Å². The summed E-state index contributed by atoms with van der Waals surface area (Å²) in [5, 5.41) is 15.5. The Morgan fingerprint density at radius 3 is 2.58 bits per heavy atom. The maximum Gasteiger partial charge on any atom is 0.211 e. The molecule has 1 aliphatic heterocycles. The normalized spacial score (nSPS) is 18.8. The van der Waals surface area contributed by atoms with Crippen molar-refractivity contribution in [3.63, 3.8) is 0 Å². The highest BCUT2D eigenvalue weighted by Crippen LogP contribution is 2.32. The molecule has 1 atom stereocenters. The summed E-state index contributed by atoms with van der Waals surface area (Å²) in [5.74, 6) is -0.938. The number of nitrogens with one attached hydrogen (secondary N) is 2. The quantitative estimate of drug-likeness (QED) is 0.472. The molecule has 130 valence electrons. The summed E-state index contributed by atoms with van der Waals surface area (Å²) in [7, 11) is 1.64. The Hall–Kier alpha value is -3.38. The van der Waals surface area contributed by atoms with Gasteiger partial charge in [-0.1, -0.05) is 35.4 Å². The van der Waals surface area contributed by atoms with Gasteiger partial charge in [-0.15, -0.1) is 4.59 Å². The molecule has 0 aromatic heterocycles. The van der Waals surface area contributed by atoms with E-state index in [4.69, 9.17) is 5.41 Å². The van der Waals surface area contributed by atoms with Gasteiger partial charge < -0.3 is 5.32 Å². The molecule has 2 N–H and O–H groups in total. The fourth-order valence-corrected chi connectivity index (χ4v) is 2.70. The summed E-state index contributed by atoms with van der Waals surface area (Å²) >= 11 is 0. The Balaban J connectivity index is 1.77. The van der Waals surface area contributed by atoms with E-state index in [2.05, 4.69) is 10.4 Å². The average Bonchev–Trinajstić information content (AvgIpc) is 3.04. The molecule has 0 radical (unpaired) electrons. The van der Waals surface area contributed by atoms with Crippen molar-refractivity contribution in [3.05, 3.63) is 84.5 Å². The Morgan fingerprint density at radius 2 is 1.85 bits per heavy atom. The lowest BCUT2D eigenvalue weighted by molar-refractivity contribution is -0.109. The minimum absolute atomic E-state index is 0.237. The van der Waals surface area contributed by atoms with E-state index in [1.165, 1.54) is 24.6 Å². The van der Waals surface area contributed by atoms with E-state index in [9.17, 15) is 9.18 Å². The van der Waals surface area contributed by atoms with E-state index in [1.54, 1.807) is 31.3 Å². The van der Waals surface area contributed by atoms with E-state index in [1.807, 2.05) is 30.3 Å². The molecule has 0 saturated heterocycles. The first-order valence-corrected chi connectivity index (χ1v) is 8.02. The Morgan fingerprint density at radius 1 is 1.15 bits per heavy atom. The monoisotopic (exact) mass is 349 g/mol. The highest BCUT2D eigenvalue weighted by Gasteiger charge is 2.40. The molecule has 0 spiro atoms. The molecule has 1 heterocycles. The molecule has 0 aliphatic carbocycles. The standard InChI is InChI=1S/C20H17FN4O/c1-25(17-10-6-5-9-16(17)21)18(11-14-24-25)20(22)19(26)12-13-23-15-7-3-2-4-8-15/h2-14,22H,1H3/p+1. The van der Waals surface area contributed by atoms with Gasteiger partial charge >= 0.3 is 0 Å². The van der Waals surface area contributed by atoms with Crippen LogP contribution in [0.4, 0.5) is 15.8 Å². The van der Waals surface area contributed by atoms with Gasteiger partial charge in [-0.25, -0.2) is 4.39 Å². The van der Waals surface area contributed by atoms with Crippen LogP contribution in [0.3, 0.4) is 0 Å². The van der Waals surface area contributed by atoms with Crippen molar-refractivity contribution in [1.82, 2.24) is 4.59 Å². The second kappa shape index (κ2) is 7.25. The Kier molecular flexibility index (Phi) is 4.86. The van der Waals surface area contributed by atoms with Crippen LogP contribution in [0.1, 0.15) is 0 Å². The molecular weight excluding hydrogens is 331 g/mol. The van der Waals surface area contributed by atoms with Crippen molar-refractivity contribution in [2.24, 2.45) is 5.10 Å². The molecule has 0 saturated carbocycles. The van der Waals surface area contributed by atoms with Crippen LogP contribution >= 0.6 is 0 Å². The number of rotatable bonds is 6. The zero-order valence-corrected chi connectivity index (χ0v) is 14.2. The van der Waals surface area contributed by atoms with Crippen molar-refractivity contribution in [2.45, 2.75) is 0 Å². The van der Waals surface area contributed by atoms with Crippen molar-refractivity contribution in [2.75, 3.05) is 12.4 Å². The van der Waals surface area contributed by atoms with Crippen LogP contribution in [-0.4, -0.2) is 24.8 Å². The maximum atomic E-state index is 14.2. The predicted molar refractivity (Wildman–Crippen MR) is 103 cm³/mol. The molecule has 1 unspecified atom stereocenters. The number of halogens is 1. The summed E-state index contributed by atoms with van der Waals surface area (Å²) in [6, 6.07) is 15.6. The van der Waals surface area contributed by atoms with E-state index in [0.29, 0.717) is 5.70 Å². The smallest absolute Gasteiger partial charge is 0.211 e. The van der Waals surface area contributed by atoms with Crippen LogP contribution in [0, 0.1) is 11.2 Å². The van der Waals surface area contributed by atoms with Crippen molar-refractivity contribution >= 4 is 29.1 Å². The number of hydrogen-bond acceptors (Lipinski definition) is 4. The number of carbonyl (C=O) groups excluding carboxylic acids is 1. The molecule has 6 heteroatoms. The molecule has 26 heavy (non-hydrogen) atoms. The molecule has 2 aromatic rings. The summed E-state index contributed by atoms with van der Waals surface area (Å²) < 4.78 is 13.9. The Bertz CT molecular complexity index is 934. The number of carbonyl (C=O) groups is 1. The lowest BCUT2D eigenvalue weighted by Gasteiger charge is -2.25. The second-order valence-electron chi connectivity index (χ2n) is 5.81. The van der Waals surface area contributed by atoms with E-state index in [0.717, 1.165) is 5.69 Å². The largest absolute Gasteiger partial charge is 0.362 e. The van der Waals surface area contributed by atoms with Gasteiger partial charge in [0, 0.05) is 30.1 Å². The minimum atomic E-state index is -0.495. The summed E-state index contributed by atoms with van der Waals surface area (Å²) in [5.41, 5.74) is 1.18. The topological polar surface area (TPSA) is 65.3 Å². The number of hydrogen-bond donors (Lipinski definition) is 2. The first-order valence-electron chi connectivity index (χ1n) is 8.02. The fraction of sp³-hybridized carbons (Fsp3) is 0.0500. The van der Waals surface area contributed by atoms with Gasteiger partial charge in [0.15, 0.2) is 22.9 Å². The zero-order valence-electron chi connectivity index (χ0n) is 14.2. The fourth-order valence-electron chi connectivity index (χ4n) is 2.70. The van der Waals surface area contributed by atoms with Crippen LogP contribution in [0.25, 0.3) is 0 Å². The second-order valence-corrected chi connectivity index (χ2v) is 5.81. The van der Waals surface area contributed by atoms with Crippen LogP contribution in [0.15, 0.2) is 83.7 Å². The van der Waals surface area contributed by atoms with Crippen LogP contribution < -0.4 is 9.91 Å². The van der Waals surface area contributed by atoms with E-state index >= 15 is 0 Å². The summed E-state index contributed by atoms with van der Waals surface area (Å²) in [6.45, 7) is 0. The highest BCUT2D eigenvalue weighted by molar-refractivity contribution is 6.49. The SMILES string of the molecule is C[N+]1(c2ccccc2F)N=CC=C1C(=N)C(=O)C=CNc1ccccc1. The summed E-state index contributed by atoms with van der Waals surface area (Å²) in [4.78, 5) is 12.4. The number of benzene rings is 2. The van der Waals surface area contributed by atoms with Gasteiger partial charge in [0.2, 0.25) is 5.78 Å². The minimum Gasteiger partial charge on any atom is -0.362 e. The average molecular weight is 349 g/mol. The third-order valence-corrected chi connectivity index (χ3v) is 4.08. The van der Waals surface area contributed by atoms with E-state index in [-0.39, 0.29) is 16.0 Å². The van der Waals surface area contributed by atoms with Gasteiger partial charge in [-0.3, -0.25) is 10.2 Å². The lowest BCUT2D eigenvalue weighted by Crippen LogP contribution is -2.41. The Labute approximate surface area is 150 Å². The molecule has 0 bridgehead atoms. The zero-order chi connectivity index (χ0) is 18.6. The summed E-state index contributed by atoms with van der Waals surface area (Å²) in [6.07, 6.45) is 5.80. The van der Waals surface area contributed by atoms with Gasteiger partial charge in [0.1, 0.15) is 7.05 Å². The first kappa shape index (κ1) is 17.4. The van der Waals surface area contributed by atoms with Gasteiger partial charge in [0.05, 0.1) is 6.21 Å². The molecule has 0 amide bonds. The highest BCUT2D eigenvalue weighted by atomic mass is 19.1. The number of anilines is 1. The molecule has 2 aromatic carbocycles. The van der Waals surface area contributed by atoms with Crippen LogP contribution in [-0.2, 0) is 4.79 Å². The predicted octanol–water partition coefficient (Wildman–Crippen LogP) is 3.86.